The van der Waals surface area contributed by atoms with Gasteiger partial charge in [0.15, 0.2) is 0 Å². The van der Waals surface area contributed by atoms with Crippen molar-refractivity contribution < 1.29 is 9.53 Å². The predicted molar refractivity (Wildman–Crippen MR) is 75.4 cm³/mol. The summed E-state index contributed by atoms with van der Waals surface area (Å²) in [5, 5.41) is 1.28. The molecule has 0 unspecified atom stereocenters. The van der Waals surface area contributed by atoms with E-state index < -0.39 is 0 Å². The maximum absolute atomic E-state index is 11.3. The number of fused-ring (bicyclic) bond motifs is 2. The zero-order chi connectivity index (χ0) is 13.4. The van der Waals surface area contributed by atoms with Crippen LogP contribution in [0.2, 0.25) is 0 Å². The summed E-state index contributed by atoms with van der Waals surface area (Å²) in [6, 6.07) is 4.60. The number of rotatable bonds is 3. The fourth-order valence-corrected chi connectivity index (χ4v) is 3.11. The van der Waals surface area contributed by atoms with Gasteiger partial charge in [0.1, 0.15) is 0 Å². The molecule has 1 aliphatic rings. The van der Waals surface area contributed by atoms with Gasteiger partial charge >= 0.3 is 5.97 Å². The highest BCUT2D eigenvalue weighted by atomic mass is 16.5. The van der Waals surface area contributed by atoms with Crippen LogP contribution in [0.1, 0.15) is 35.2 Å². The Labute approximate surface area is 113 Å². The number of methoxy groups -OCH3 is 1. The van der Waals surface area contributed by atoms with Crippen LogP contribution in [0, 0.1) is 6.92 Å². The molecule has 19 heavy (non-hydrogen) atoms. The number of ether oxygens (including phenoxy) is 1. The van der Waals surface area contributed by atoms with Crippen molar-refractivity contribution in [3.8, 4) is 0 Å². The van der Waals surface area contributed by atoms with Crippen molar-refractivity contribution >= 4 is 16.9 Å². The molecule has 0 amide bonds. The lowest BCUT2D eigenvalue weighted by Gasteiger charge is -2.03. The minimum atomic E-state index is -0.144. The van der Waals surface area contributed by atoms with E-state index in [1.54, 1.807) is 0 Å². The second kappa shape index (κ2) is 4.72. The summed E-state index contributed by atoms with van der Waals surface area (Å²) in [7, 11) is 1.44. The van der Waals surface area contributed by atoms with E-state index >= 15 is 0 Å². The molecular formula is C16H19NO2. The number of hydrogen-bond acceptors (Lipinski definition) is 2. The van der Waals surface area contributed by atoms with E-state index in [0.29, 0.717) is 6.42 Å². The van der Waals surface area contributed by atoms with Gasteiger partial charge in [-0.05, 0) is 61.4 Å². The number of H-pyrrole nitrogens is 1. The number of hydrogen-bond donors (Lipinski definition) is 1. The third-order valence-corrected chi connectivity index (χ3v) is 4.14. The monoisotopic (exact) mass is 257 g/mol. The zero-order valence-corrected chi connectivity index (χ0v) is 11.5. The highest BCUT2D eigenvalue weighted by Crippen LogP contribution is 2.31. The van der Waals surface area contributed by atoms with Crippen molar-refractivity contribution in [1.29, 1.82) is 0 Å². The maximum Gasteiger partial charge on any atom is 0.305 e. The van der Waals surface area contributed by atoms with Gasteiger partial charge in [-0.1, -0.05) is 0 Å². The molecule has 0 aliphatic heterocycles. The molecule has 0 spiro atoms. The number of aromatic nitrogens is 1. The number of esters is 1. The third-order valence-electron chi connectivity index (χ3n) is 4.14. The molecule has 1 N–H and O–H groups in total. The molecule has 0 fully saturated rings. The van der Waals surface area contributed by atoms with E-state index in [1.807, 2.05) is 0 Å². The Bertz CT molecular complexity index is 640. The summed E-state index contributed by atoms with van der Waals surface area (Å²) in [6.07, 6.45) is 4.84. The smallest absolute Gasteiger partial charge is 0.305 e. The summed E-state index contributed by atoms with van der Waals surface area (Å²) in [5.74, 6) is -0.144. The predicted octanol–water partition coefficient (Wildman–Crippen LogP) is 3.07. The summed E-state index contributed by atoms with van der Waals surface area (Å²) in [6.45, 7) is 2.08. The van der Waals surface area contributed by atoms with E-state index in [1.165, 1.54) is 59.7 Å². The van der Waals surface area contributed by atoms with Crippen LogP contribution in [0.4, 0.5) is 0 Å². The average Bonchev–Trinajstić information content (AvgIpc) is 2.96. The van der Waals surface area contributed by atoms with Crippen LogP contribution in [0.3, 0.4) is 0 Å². The molecule has 0 radical (unpaired) electrons. The minimum absolute atomic E-state index is 0.144. The number of carbonyl (C=O) groups excluding carboxylic acids is 1. The van der Waals surface area contributed by atoms with Gasteiger partial charge < -0.3 is 9.72 Å². The van der Waals surface area contributed by atoms with Gasteiger partial charge in [-0.2, -0.15) is 0 Å². The van der Waals surface area contributed by atoms with Crippen LogP contribution in [0.5, 0.6) is 0 Å². The summed E-state index contributed by atoms with van der Waals surface area (Å²) in [5.41, 5.74) is 6.59. The number of carbonyl (C=O) groups is 1. The lowest BCUT2D eigenvalue weighted by molar-refractivity contribution is -0.140. The summed E-state index contributed by atoms with van der Waals surface area (Å²) < 4.78 is 4.73. The highest BCUT2D eigenvalue weighted by molar-refractivity contribution is 5.87. The van der Waals surface area contributed by atoms with Gasteiger partial charge in [-0.15, -0.1) is 0 Å². The van der Waals surface area contributed by atoms with E-state index in [2.05, 4.69) is 24.0 Å². The average molecular weight is 257 g/mol. The Balaban J connectivity index is 1.99. The van der Waals surface area contributed by atoms with Crippen molar-refractivity contribution in [3.63, 3.8) is 0 Å². The fourth-order valence-electron chi connectivity index (χ4n) is 3.11. The number of nitrogens with one attached hydrogen (secondary N) is 1. The van der Waals surface area contributed by atoms with Crippen molar-refractivity contribution in [3.05, 3.63) is 34.5 Å². The van der Waals surface area contributed by atoms with E-state index in [0.717, 1.165) is 6.42 Å². The van der Waals surface area contributed by atoms with Crippen molar-refractivity contribution in [1.82, 2.24) is 4.98 Å². The Morgan fingerprint density at radius 1 is 1.32 bits per heavy atom. The molecule has 100 valence electrons. The highest BCUT2D eigenvalue weighted by Gasteiger charge is 2.16. The Morgan fingerprint density at radius 2 is 2.05 bits per heavy atom. The molecule has 0 saturated heterocycles. The quantitative estimate of drug-likeness (QED) is 0.859. The SMILES string of the molecule is COC(=O)CCc1c(C)[nH]c2cc3c(cc12)CCC3. The normalized spacial score (nSPS) is 13.8. The maximum atomic E-state index is 11.3. The van der Waals surface area contributed by atoms with Gasteiger partial charge in [-0.25, -0.2) is 0 Å². The molecule has 0 saturated carbocycles. The molecule has 0 atom stereocenters. The zero-order valence-electron chi connectivity index (χ0n) is 11.5. The second-order valence-corrected chi connectivity index (χ2v) is 5.32. The van der Waals surface area contributed by atoms with Crippen LogP contribution in [0.15, 0.2) is 12.1 Å². The second-order valence-electron chi connectivity index (χ2n) is 5.32. The van der Waals surface area contributed by atoms with Crippen LogP contribution < -0.4 is 0 Å². The minimum Gasteiger partial charge on any atom is -0.469 e. The number of aromatic amines is 1. The standard InChI is InChI=1S/C16H19NO2/c1-10-13(6-7-16(18)19-2)14-8-11-4-3-5-12(11)9-15(14)17-10/h8-9,17H,3-7H2,1-2H3. The molecule has 2 aromatic rings. The van der Waals surface area contributed by atoms with Crippen molar-refractivity contribution in [2.24, 2.45) is 0 Å². The molecule has 1 aliphatic carbocycles. The molecule has 1 aromatic heterocycles. The van der Waals surface area contributed by atoms with Gasteiger partial charge in [0.25, 0.3) is 0 Å². The van der Waals surface area contributed by atoms with Crippen LogP contribution in [-0.2, 0) is 28.8 Å². The number of aryl methyl sites for hydroxylation is 4. The van der Waals surface area contributed by atoms with E-state index in [9.17, 15) is 4.79 Å². The number of benzene rings is 1. The molecule has 3 nitrogen and oxygen atoms in total. The Morgan fingerprint density at radius 3 is 2.79 bits per heavy atom. The molecule has 1 aromatic carbocycles. The first-order valence-electron chi connectivity index (χ1n) is 6.89. The van der Waals surface area contributed by atoms with Crippen LogP contribution in [0.25, 0.3) is 10.9 Å². The molecule has 0 bridgehead atoms. The van der Waals surface area contributed by atoms with E-state index in [-0.39, 0.29) is 5.97 Å². The van der Waals surface area contributed by atoms with Crippen LogP contribution >= 0.6 is 0 Å². The molecule has 3 rings (SSSR count). The summed E-state index contributed by atoms with van der Waals surface area (Å²) in [4.78, 5) is 14.8. The van der Waals surface area contributed by atoms with Gasteiger partial charge in [0.2, 0.25) is 0 Å². The molecular weight excluding hydrogens is 238 g/mol. The first-order valence-corrected chi connectivity index (χ1v) is 6.89. The van der Waals surface area contributed by atoms with E-state index in [4.69, 9.17) is 4.74 Å². The topological polar surface area (TPSA) is 42.1 Å². The van der Waals surface area contributed by atoms with Gasteiger partial charge in [0, 0.05) is 23.0 Å². The first-order chi connectivity index (χ1) is 9.19. The molecule has 3 heteroatoms. The Hall–Kier alpha value is -1.77. The summed E-state index contributed by atoms with van der Waals surface area (Å²) >= 11 is 0. The molecule has 1 heterocycles. The first kappa shape index (κ1) is 12.3. The van der Waals surface area contributed by atoms with Gasteiger partial charge in [-0.3, -0.25) is 4.79 Å². The van der Waals surface area contributed by atoms with Crippen molar-refractivity contribution in [2.75, 3.05) is 7.11 Å². The van der Waals surface area contributed by atoms with Gasteiger partial charge in [0.05, 0.1) is 7.11 Å². The lowest BCUT2D eigenvalue weighted by atomic mass is 10.0. The largest absolute Gasteiger partial charge is 0.469 e. The third kappa shape index (κ3) is 2.14. The Kier molecular flexibility index (Phi) is 3.05. The van der Waals surface area contributed by atoms with Crippen molar-refractivity contribution in [2.45, 2.75) is 39.0 Å². The lowest BCUT2D eigenvalue weighted by Crippen LogP contribution is -2.02. The fraction of sp³-hybridized carbons (Fsp3) is 0.438. The van der Waals surface area contributed by atoms with Crippen LogP contribution in [-0.4, -0.2) is 18.1 Å².